The number of pyridine rings is 2. The fraction of sp³-hybridized carbons (Fsp3) is 0.242. The van der Waals surface area contributed by atoms with Gasteiger partial charge in [-0.3, -0.25) is 0 Å². The Bertz CT molecular complexity index is 4330. The van der Waals surface area contributed by atoms with Gasteiger partial charge in [-0.15, -0.1) is 0 Å². The van der Waals surface area contributed by atoms with Gasteiger partial charge in [0.15, 0.2) is 11.6 Å². The van der Waals surface area contributed by atoms with Gasteiger partial charge in [-0.1, -0.05) is 63.0 Å². The van der Waals surface area contributed by atoms with Crippen LogP contribution in [0.2, 0.25) is 10.0 Å². The molecule has 4 aromatic heterocycles. The molecule has 6 heterocycles. The van der Waals surface area contributed by atoms with E-state index in [2.05, 4.69) is 19.9 Å². The summed E-state index contributed by atoms with van der Waals surface area (Å²) in [5.41, 5.74) is -4.27. The Hall–Kier alpha value is -8.90. The Balaban J connectivity index is 0.810. The van der Waals surface area contributed by atoms with Crippen LogP contribution in [0.1, 0.15) is 94.4 Å². The minimum absolute atomic E-state index is 0.00844. The number of carbonyl (C=O) groups excluding carboxylic acids is 2. The molecule has 468 valence electrons. The second kappa shape index (κ2) is 24.4. The monoisotopic (exact) mass is 1300 g/mol. The molecule has 0 aliphatic carbocycles. The maximum absolute atomic E-state index is 16.5. The van der Waals surface area contributed by atoms with E-state index >= 15 is 26.3 Å². The molecule has 0 N–H and O–H groups in total. The van der Waals surface area contributed by atoms with Crippen molar-refractivity contribution in [2.75, 3.05) is 26.4 Å². The summed E-state index contributed by atoms with van der Waals surface area (Å²) in [5, 5.41) is -0.848. The zero-order valence-electron chi connectivity index (χ0n) is 48.3. The van der Waals surface area contributed by atoms with Gasteiger partial charge in [0.05, 0.1) is 82.1 Å². The van der Waals surface area contributed by atoms with E-state index in [4.69, 9.17) is 46.9 Å². The normalized spacial score (nSPS) is 16.1. The molecule has 12 rings (SSSR count). The van der Waals surface area contributed by atoms with E-state index in [1.807, 2.05) is 27.7 Å². The molecule has 0 bridgehead atoms. The molecular formula is C66H48Cl2F10N6O7. The number of fused-ring (bicyclic) bond motifs is 2. The second-order valence-corrected chi connectivity index (χ2v) is 24.2. The van der Waals surface area contributed by atoms with Crippen LogP contribution in [0.25, 0.3) is 44.6 Å². The van der Waals surface area contributed by atoms with Crippen LogP contribution in [-0.2, 0) is 40.3 Å². The summed E-state index contributed by atoms with van der Waals surface area (Å²) in [7, 11) is 0. The van der Waals surface area contributed by atoms with Crippen LogP contribution in [0.4, 0.5) is 43.9 Å². The lowest BCUT2D eigenvalue weighted by Gasteiger charge is -2.28. The first kappa shape index (κ1) is 62.3. The summed E-state index contributed by atoms with van der Waals surface area (Å²) in [6.45, 7) is 7.07. The van der Waals surface area contributed by atoms with Crippen molar-refractivity contribution in [2.24, 2.45) is 10.8 Å². The van der Waals surface area contributed by atoms with Crippen LogP contribution in [0.5, 0.6) is 11.8 Å². The molecule has 13 nitrogen and oxygen atoms in total. The number of rotatable bonds is 16. The molecule has 2 fully saturated rings. The zero-order valence-corrected chi connectivity index (χ0v) is 49.8. The highest BCUT2D eigenvalue weighted by molar-refractivity contribution is 6.31. The van der Waals surface area contributed by atoms with Crippen LogP contribution in [-0.4, -0.2) is 67.4 Å². The van der Waals surface area contributed by atoms with Crippen molar-refractivity contribution in [1.82, 2.24) is 29.1 Å². The highest BCUT2D eigenvalue weighted by Crippen LogP contribution is 2.44. The lowest BCUT2D eigenvalue weighted by molar-refractivity contribution is 0.0397. The molecule has 91 heavy (non-hydrogen) atoms. The quantitative estimate of drug-likeness (QED) is 0.0395. The predicted octanol–water partition coefficient (Wildman–Crippen LogP) is 15.7. The van der Waals surface area contributed by atoms with E-state index < -0.39 is 140 Å². The van der Waals surface area contributed by atoms with Gasteiger partial charge in [0.1, 0.15) is 82.4 Å². The highest BCUT2D eigenvalue weighted by atomic mass is 35.5. The number of carbonyl (C=O) groups is 2. The summed E-state index contributed by atoms with van der Waals surface area (Å²) >= 11 is 11.3. The first-order valence-corrected chi connectivity index (χ1v) is 28.8. The Morgan fingerprint density at radius 2 is 0.868 bits per heavy atom. The van der Waals surface area contributed by atoms with E-state index in [9.17, 15) is 27.2 Å². The third-order valence-electron chi connectivity index (χ3n) is 16.1. The number of hydrogen-bond donors (Lipinski definition) is 0. The van der Waals surface area contributed by atoms with Gasteiger partial charge in [0.2, 0.25) is 11.8 Å². The molecular weight excluding hydrogens is 1250 g/mol. The minimum atomic E-state index is -1.36. The third-order valence-corrected chi connectivity index (χ3v) is 16.7. The van der Waals surface area contributed by atoms with Crippen molar-refractivity contribution in [3.63, 3.8) is 0 Å². The van der Waals surface area contributed by atoms with Crippen LogP contribution in [0.15, 0.2) is 109 Å². The molecule has 2 saturated heterocycles. The van der Waals surface area contributed by atoms with Gasteiger partial charge in [-0.2, -0.15) is 0 Å². The summed E-state index contributed by atoms with van der Waals surface area (Å²) in [6, 6.07) is 18.1. The molecule has 25 heteroatoms. The van der Waals surface area contributed by atoms with Crippen LogP contribution in [0, 0.1) is 69.0 Å². The van der Waals surface area contributed by atoms with E-state index in [-0.39, 0.29) is 117 Å². The second-order valence-electron chi connectivity index (χ2n) is 23.4. The van der Waals surface area contributed by atoms with Gasteiger partial charge >= 0.3 is 11.9 Å². The fourth-order valence-electron chi connectivity index (χ4n) is 11.3. The average Bonchev–Trinajstić information content (AvgIpc) is 1.62. The molecule has 10 aromatic rings. The molecule has 2 unspecified atom stereocenters. The number of halogens is 12. The van der Waals surface area contributed by atoms with Crippen LogP contribution < -0.4 is 9.47 Å². The van der Waals surface area contributed by atoms with E-state index in [0.717, 1.165) is 60.7 Å². The Morgan fingerprint density at radius 3 is 1.25 bits per heavy atom. The smallest absolute Gasteiger partial charge is 0.346 e. The molecule has 0 radical (unpaired) electrons. The SMILES string of the molecule is CC1(C)COCC1n1c(Cc2cc(F)c(-c3cccc(OCc4cc(F)c(Cl)cc4F)n3)cc2F)nc2c(F)cc(C(=O)OC(=O)c3cc(F)c4nc(Cc5cc(F)c(-c6cccc(OCc7cc(F)c(Cl)cc7F)n6)cc5F)n(C5COCC5(C)C)c4c3)cc21. The van der Waals surface area contributed by atoms with Crippen molar-refractivity contribution >= 4 is 57.2 Å². The summed E-state index contributed by atoms with van der Waals surface area (Å²) in [6.07, 6.45) is -0.825. The van der Waals surface area contributed by atoms with Gasteiger partial charge in [0, 0.05) is 58.1 Å². The van der Waals surface area contributed by atoms with Crippen molar-refractivity contribution in [3.8, 4) is 34.3 Å². The molecule has 0 saturated carbocycles. The number of aromatic nitrogens is 6. The van der Waals surface area contributed by atoms with Gasteiger partial charge in [-0.05, 0) is 96.1 Å². The Morgan fingerprint density at radius 1 is 0.484 bits per heavy atom. The maximum Gasteiger partial charge on any atom is 0.346 e. The molecule has 2 atom stereocenters. The molecule has 2 aliphatic rings. The Kier molecular flexibility index (Phi) is 16.7. The lowest BCUT2D eigenvalue weighted by Crippen LogP contribution is -2.27. The predicted molar refractivity (Wildman–Crippen MR) is 313 cm³/mol. The number of nitrogens with zero attached hydrogens (tertiary/aromatic N) is 6. The number of esters is 2. The number of hydrogen-bond acceptors (Lipinski definition) is 11. The maximum atomic E-state index is 16.5. The van der Waals surface area contributed by atoms with Crippen LogP contribution in [0.3, 0.4) is 0 Å². The number of imidazole rings is 2. The topological polar surface area (TPSA) is 142 Å². The number of ether oxygens (including phenoxy) is 5. The number of benzene rings is 6. The molecule has 6 aromatic carbocycles. The van der Waals surface area contributed by atoms with E-state index in [1.165, 1.54) is 48.5 Å². The minimum Gasteiger partial charge on any atom is -0.473 e. The van der Waals surface area contributed by atoms with Crippen molar-refractivity contribution in [1.29, 1.82) is 0 Å². The van der Waals surface area contributed by atoms with Gasteiger partial charge in [0.25, 0.3) is 0 Å². The van der Waals surface area contributed by atoms with Gasteiger partial charge < -0.3 is 32.8 Å². The van der Waals surface area contributed by atoms with Crippen LogP contribution >= 0.6 is 23.2 Å². The summed E-state index contributed by atoms with van der Waals surface area (Å²) in [4.78, 5) is 45.7. The Labute approximate surface area is 521 Å². The van der Waals surface area contributed by atoms with E-state index in [1.54, 1.807) is 9.13 Å². The van der Waals surface area contributed by atoms with Crippen molar-refractivity contribution < 1.29 is 77.2 Å². The van der Waals surface area contributed by atoms with E-state index in [0.29, 0.717) is 0 Å². The fourth-order valence-corrected chi connectivity index (χ4v) is 11.6. The lowest BCUT2D eigenvalue weighted by atomic mass is 9.87. The molecule has 2 aliphatic heterocycles. The first-order valence-electron chi connectivity index (χ1n) is 28.1. The zero-order chi connectivity index (χ0) is 64.5. The molecule has 0 amide bonds. The largest absolute Gasteiger partial charge is 0.473 e. The third kappa shape index (κ3) is 12.3. The first-order chi connectivity index (χ1) is 43.3. The summed E-state index contributed by atoms with van der Waals surface area (Å²) in [5.74, 6) is -12.0. The van der Waals surface area contributed by atoms with Crippen molar-refractivity contribution in [2.45, 2.75) is 65.8 Å². The van der Waals surface area contributed by atoms with Gasteiger partial charge in [-0.25, -0.2) is 73.4 Å². The highest BCUT2D eigenvalue weighted by Gasteiger charge is 2.41. The average molecular weight is 1300 g/mol. The van der Waals surface area contributed by atoms with Crippen molar-refractivity contribution in [3.05, 3.63) is 222 Å². The standard InChI is InChI=1S/C66H48Cl2F10N6O7/c1-65(2)29-87-27-55(65)83-53-17-33(13-49(77)61(53)81-57(83)19-31-11-45(73)37(21-41(31)69)51-7-5-9-59(79-51)89-25-35-15-47(75)39(67)23-43(35)71)63(85)91-64(86)34-14-50(78)62-54(18-34)84(56-28-88-30-66(56,3)4)58(82-62)20-32-12-46(74)38(22-42(32)70)52-8-6-10-60(80-52)90-26-36-16-48(76)40(68)24-44(36)72/h5-18,21-24,55-56H,19-20,25-30H2,1-4H3. The summed E-state index contributed by atoms with van der Waals surface area (Å²) < 4.78 is 186. The molecule has 0 spiro atoms.